The molecule has 0 saturated heterocycles. The summed E-state index contributed by atoms with van der Waals surface area (Å²) in [4.78, 5) is 35.8. The maximum atomic E-state index is 12.3. The molecule has 29 heavy (non-hydrogen) atoms. The van der Waals surface area contributed by atoms with E-state index in [1.54, 1.807) is 43.3 Å². The molecule has 0 aliphatic carbocycles. The van der Waals surface area contributed by atoms with Gasteiger partial charge in [-0.05, 0) is 49.7 Å². The van der Waals surface area contributed by atoms with Gasteiger partial charge in [0.15, 0.2) is 0 Å². The van der Waals surface area contributed by atoms with Crippen LogP contribution in [-0.2, 0) is 9.47 Å². The summed E-state index contributed by atoms with van der Waals surface area (Å²) in [5.41, 5.74) is 1.09. The second-order valence-electron chi connectivity index (χ2n) is 5.92. The summed E-state index contributed by atoms with van der Waals surface area (Å²) in [5.74, 6) is -0.204. The molecule has 2 amide bonds. The lowest BCUT2D eigenvalue weighted by Crippen LogP contribution is -2.21. The first-order chi connectivity index (χ1) is 14.0. The Morgan fingerprint density at radius 2 is 1.62 bits per heavy atom. The number of hydrogen-bond donors (Lipinski definition) is 2. The number of hydrogen-bond acceptors (Lipinski definition) is 6. The van der Waals surface area contributed by atoms with Gasteiger partial charge in [-0.2, -0.15) is 0 Å². The van der Waals surface area contributed by atoms with E-state index >= 15 is 0 Å². The molecule has 2 aromatic carbocycles. The zero-order chi connectivity index (χ0) is 21.1. The molecule has 8 nitrogen and oxygen atoms in total. The number of carbonyl (C=O) groups excluding carboxylic acids is 3. The highest BCUT2D eigenvalue weighted by Crippen LogP contribution is 2.19. The van der Waals surface area contributed by atoms with E-state index in [2.05, 4.69) is 15.4 Å². The van der Waals surface area contributed by atoms with Crippen LogP contribution < -0.4 is 15.4 Å². The van der Waals surface area contributed by atoms with Gasteiger partial charge in [0.2, 0.25) is 0 Å². The first-order valence-electron chi connectivity index (χ1n) is 9.32. The molecule has 0 aliphatic rings. The lowest BCUT2D eigenvalue weighted by Gasteiger charge is -2.12. The van der Waals surface area contributed by atoms with Crippen LogP contribution in [-0.4, -0.2) is 31.4 Å². The third-order valence-electron chi connectivity index (χ3n) is 3.70. The van der Waals surface area contributed by atoms with E-state index in [9.17, 15) is 14.4 Å². The Balaban J connectivity index is 1.95. The van der Waals surface area contributed by atoms with Crippen LogP contribution in [0.15, 0.2) is 48.5 Å². The lowest BCUT2D eigenvalue weighted by molar-refractivity contribution is 0.0501. The number of benzene rings is 2. The monoisotopic (exact) mass is 400 g/mol. The van der Waals surface area contributed by atoms with E-state index in [4.69, 9.17) is 9.47 Å². The van der Waals surface area contributed by atoms with Gasteiger partial charge in [0.05, 0.1) is 24.5 Å². The highest BCUT2D eigenvalue weighted by Gasteiger charge is 2.14. The Labute approximate surface area is 169 Å². The zero-order valence-electron chi connectivity index (χ0n) is 16.4. The van der Waals surface area contributed by atoms with Crippen LogP contribution in [0.4, 0.5) is 21.0 Å². The van der Waals surface area contributed by atoms with Gasteiger partial charge >= 0.3 is 18.2 Å². The third-order valence-corrected chi connectivity index (χ3v) is 3.70. The van der Waals surface area contributed by atoms with E-state index < -0.39 is 18.2 Å². The largest absolute Gasteiger partial charge is 0.513 e. The van der Waals surface area contributed by atoms with Gasteiger partial charge in [0, 0.05) is 5.69 Å². The Bertz CT molecular complexity index is 835. The van der Waals surface area contributed by atoms with E-state index in [1.165, 1.54) is 12.1 Å². The molecule has 2 aromatic rings. The van der Waals surface area contributed by atoms with Gasteiger partial charge in [-0.1, -0.05) is 25.5 Å². The molecule has 154 valence electrons. The molecular weight excluding hydrogens is 376 g/mol. The van der Waals surface area contributed by atoms with Gasteiger partial charge in [0.1, 0.15) is 5.75 Å². The summed E-state index contributed by atoms with van der Waals surface area (Å²) in [6.45, 7) is 4.22. The second kappa shape index (κ2) is 11.3. The second-order valence-corrected chi connectivity index (χ2v) is 5.92. The molecule has 0 unspecified atom stereocenters. The molecule has 8 heteroatoms. The number of amides is 2. The molecule has 0 atom stereocenters. The predicted octanol–water partition coefficient (Wildman–Crippen LogP) is 4.82. The highest BCUT2D eigenvalue weighted by molar-refractivity contribution is 6.05. The summed E-state index contributed by atoms with van der Waals surface area (Å²) < 4.78 is 14.9. The van der Waals surface area contributed by atoms with Crippen LogP contribution in [0.25, 0.3) is 0 Å². The van der Waals surface area contributed by atoms with Crippen molar-refractivity contribution in [2.45, 2.75) is 26.7 Å². The maximum Gasteiger partial charge on any atom is 0.513 e. The molecule has 0 radical (unpaired) electrons. The molecule has 2 N–H and O–H groups in total. The van der Waals surface area contributed by atoms with Crippen molar-refractivity contribution in [2.75, 3.05) is 23.8 Å². The molecule has 2 rings (SSSR count). The number of nitrogens with one attached hydrogen (secondary N) is 2. The molecule has 0 aliphatic heterocycles. The Morgan fingerprint density at radius 1 is 0.897 bits per heavy atom. The maximum absolute atomic E-state index is 12.3. The van der Waals surface area contributed by atoms with Crippen LogP contribution in [0.1, 0.15) is 37.0 Å². The quantitative estimate of drug-likeness (QED) is 0.374. The van der Waals surface area contributed by atoms with Crippen molar-refractivity contribution >= 4 is 29.5 Å². The van der Waals surface area contributed by atoms with Gasteiger partial charge in [-0.3, -0.25) is 0 Å². The fraction of sp³-hybridized carbons (Fsp3) is 0.286. The third kappa shape index (κ3) is 7.17. The minimum atomic E-state index is -0.798. The molecule has 0 spiro atoms. The van der Waals surface area contributed by atoms with E-state index in [1.807, 2.05) is 6.92 Å². The standard InChI is InChI=1S/C21H24N2O6/c1-3-5-14-28-19(24)17-8-6-7-9-18(17)23-20(25)22-15-10-12-16(13-11-15)29-21(26)27-4-2/h6-13H,3-5,14H2,1-2H3,(H2,22,23,25). The van der Waals surface area contributed by atoms with Gasteiger partial charge in [-0.25, -0.2) is 14.4 Å². The molecular formula is C21H24N2O6. The topological polar surface area (TPSA) is 103 Å². The zero-order valence-corrected chi connectivity index (χ0v) is 16.4. The van der Waals surface area contributed by atoms with Crippen molar-refractivity contribution in [3.63, 3.8) is 0 Å². The summed E-state index contributed by atoms with van der Waals surface area (Å²) in [6, 6.07) is 12.3. The van der Waals surface area contributed by atoms with E-state index in [0.29, 0.717) is 18.0 Å². The molecule has 0 saturated carbocycles. The Hall–Kier alpha value is -3.55. The number of para-hydroxylation sites is 1. The Morgan fingerprint density at radius 3 is 2.31 bits per heavy atom. The van der Waals surface area contributed by atoms with Gasteiger partial charge < -0.3 is 24.8 Å². The fourth-order valence-electron chi connectivity index (χ4n) is 2.29. The average Bonchev–Trinajstić information content (AvgIpc) is 2.70. The number of esters is 1. The van der Waals surface area contributed by atoms with Crippen LogP contribution in [0.3, 0.4) is 0 Å². The van der Waals surface area contributed by atoms with Gasteiger partial charge in [-0.15, -0.1) is 0 Å². The minimum absolute atomic E-state index is 0.215. The summed E-state index contributed by atoms with van der Waals surface area (Å²) >= 11 is 0. The van der Waals surface area contributed by atoms with Crippen molar-refractivity contribution < 1.29 is 28.6 Å². The number of anilines is 2. The normalized spacial score (nSPS) is 10.0. The fourth-order valence-corrected chi connectivity index (χ4v) is 2.29. The van der Waals surface area contributed by atoms with Crippen molar-refractivity contribution in [3.8, 4) is 5.75 Å². The molecule has 0 fully saturated rings. The minimum Gasteiger partial charge on any atom is -0.462 e. The molecule has 0 heterocycles. The first-order valence-corrected chi connectivity index (χ1v) is 9.32. The highest BCUT2D eigenvalue weighted by atomic mass is 16.7. The smallest absolute Gasteiger partial charge is 0.462 e. The number of rotatable bonds is 8. The van der Waals surface area contributed by atoms with E-state index in [-0.39, 0.29) is 17.9 Å². The van der Waals surface area contributed by atoms with Crippen molar-refractivity contribution in [2.24, 2.45) is 0 Å². The summed E-state index contributed by atoms with van der Waals surface area (Å²) in [6.07, 6.45) is 0.894. The van der Waals surface area contributed by atoms with Crippen LogP contribution in [0.2, 0.25) is 0 Å². The Kier molecular flexibility index (Phi) is 8.50. The number of urea groups is 1. The van der Waals surface area contributed by atoms with Crippen LogP contribution >= 0.6 is 0 Å². The van der Waals surface area contributed by atoms with Crippen LogP contribution in [0.5, 0.6) is 5.75 Å². The van der Waals surface area contributed by atoms with Gasteiger partial charge in [0.25, 0.3) is 0 Å². The molecule has 0 bridgehead atoms. The van der Waals surface area contributed by atoms with E-state index in [0.717, 1.165) is 12.8 Å². The predicted molar refractivity (Wildman–Crippen MR) is 108 cm³/mol. The first kappa shape index (κ1) is 21.7. The number of unbranched alkanes of at least 4 members (excludes halogenated alkanes) is 1. The van der Waals surface area contributed by atoms with Crippen molar-refractivity contribution in [1.82, 2.24) is 0 Å². The number of carbonyl (C=O) groups is 3. The number of ether oxygens (including phenoxy) is 3. The summed E-state index contributed by atoms with van der Waals surface area (Å²) in [7, 11) is 0. The summed E-state index contributed by atoms with van der Waals surface area (Å²) in [5, 5.41) is 5.28. The van der Waals surface area contributed by atoms with Crippen molar-refractivity contribution in [1.29, 1.82) is 0 Å². The molecule has 0 aromatic heterocycles. The van der Waals surface area contributed by atoms with Crippen molar-refractivity contribution in [3.05, 3.63) is 54.1 Å². The van der Waals surface area contributed by atoms with Crippen LogP contribution in [0, 0.1) is 0 Å². The average molecular weight is 400 g/mol. The lowest BCUT2D eigenvalue weighted by atomic mass is 10.2. The SMILES string of the molecule is CCCCOC(=O)c1ccccc1NC(=O)Nc1ccc(OC(=O)OCC)cc1.